The smallest absolute Gasteiger partial charge is 0.337 e. The minimum absolute atomic E-state index is 0.371. The second-order valence-electron chi connectivity index (χ2n) is 5.87. The molecule has 1 fully saturated rings. The molecule has 0 bridgehead atoms. The molecule has 1 aromatic rings. The Kier molecular flexibility index (Phi) is 4.13. The summed E-state index contributed by atoms with van der Waals surface area (Å²) in [6.45, 7) is 6.54. The molecule has 1 aliphatic rings. The van der Waals surface area contributed by atoms with Gasteiger partial charge in [-0.3, -0.25) is 0 Å². The summed E-state index contributed by atoms with van der Waals surface area (Å²) in [7, 11) is 0. The highest BCUT2D eigenvalue weighted by Gasteiger charge is 2.27. The Morgan fingerprint density at radius 2 is 2.05 bits per heavy atom. The van der Waals surface area contributed by atoms with Gasteiger partial charge in [0.15, 0.2) is 0 Å². The Morgan fingerprint density at radius 1 is 1.32 bits per heavy atom. The van der Waals surface area contributed by atoms with E-state index in [-0.39, 0.29) is 0 Å². The van der Waals surface area contributed by atoms with Gasteiger partial charge in [-0.15, -0.1) is 0 Å². The lowest BCUT2D eigenvalue weighted by atomic mass is 9.78. The van der Waals surface area contributed by atoms with Crippen molar-refractivity contribution < 1.29 is 9.90 Å². The summed E-state index contributed by atoms with van der Waals surface area (Å²) >= 11 is 0. The van der Waals surface area contributed by atoms with Crippen molar-refractivity contribution in [1.29, 1.82) is 0 Å². The summed E-state index contributed by atoms with van der Waals surface area (Å²) in [5.41, 5.74) is 2.22. The number of aryl methyl sites for hydroxylation is 1. The molecule has 0 heterocycles. The van der Waals surface area contributed by atoms with Gasteiger partial charge < -0.3 is 10.4 Å². The average Bonchev–Trinajstić information content (AvgIpc) is 2.35. The van der Waals surface area contributed by atoms with E-state index in [0.717, 1.165) is 17.7 Å². The second kappa shape index (κ2) is 5.64. The number of anilines is 1. The van der Waals surface area contributed by atoms with E-state index in [1.165, 1.54) is 12.8 Å². The number of nitrogens with one attached hydrogen (secondary N) is 1. The molecule has 3 nitrogen and oxygen atoms in total. The molecule has 19 heavy (non-hydrogen) atoms. The van der Waals surface area contributed by atoms with E-state index in [1.54, 1.807) is 6.07 Å². The lowest BCUT2D eigenvalue weighted by molar-refractivity contribution is 0.0698. The van der Waals surface area contributed by atoms with Crippen molar-refractivity contribution in [1.82, 2.24) is 0 Å². The van der Waals surface area contributed by atoms with Gasteiger partial charge in [0.25, 0.3) is 0 Å². The predicted molar refractivity (Wildman–Crippen MR) is 77.7 cm³/mol. The molecular weight excluding hydrogens is 238 g/mol. The Bertz CT molecular complexity index is 470. The van der Waals surface area contributed by atoms with Crippen molar-refractivity contribution in [2.75, 3.05) is 5.32 Å². The van der Waals surface area contributed by atoms with Crippen LogP contribution in [0.25, 0.3) is 0 Å². The number of aromatic carboxylic acids is 1. The van der Waals surface area contributed by atoms with Crippen molar-refractivity contribution in [3.63, 3.8) is 0 Å². The van der Waals surface area contributed by atoms with Gasteiger partial charge >= 0.3 is 5.97 Å². The van der Waals surface area contributed by atoms with E-state index in [4.69, 9.17) is 0 Å². The van der Waals surface area contributed by atoms with Gasteiger partial charge in [0.1, 0.15) is 0 Å². The van der Waals surface area contributed by atoms with Gasteiger partial charge in [0.2, 0.25) is 0 Å². The molecule has 1 aromatic carbocycles. The first kappa shape index (κ1) is 13.9. The molecule has 1 aliphatic carbocycles. The molecule has 0 aliphatic heterocycles. The van der Waals surface area contributed by atoms with Crippen LogP contribution < -0.4 is 5.32 Å². The molecular formula is C16H23NO2. The summed E-state index contributed by atoms with van der Waals surface area (Å²) in [6.07, 6.45) is 3.62. The van der Waals surface area contributed by atoms with Gasteiger partial charge in [-0.05, 0) is 42.9 Å². The van der Waals surface area contributed by atoms with Crippen LogP contribution >= 0.6 is 0 Å². The van der Waals surface area contributed by atoms with E-state index in [2.05, 4.69) is 19.2 Å². The summed E-state index contributed by atoms with van der Waals surface area (Å²) in [5, 5.41) is 12.7. The standard InChI is InChI=1S/C16H23NO2/c1-10-7-8-13(16(18)19)15(9-10)17-14-6-4-5-11(2)12(14)3/h7-9,11-12,14,17H,4-6H2,1-3H3,(H,18,19). The summed E-state index contributed by atoms with van der Waals surface area (Å²) in [5.74, 6) is 0.416. The highest BCUT2D eigenvalue weighted by atomic mass is 16.4. The third-order valence-corrected chi connectivity index (χ3v) is 4.45. The van der Waals surface area contributed by atoms with Gasteiger partial charge in [-0.1, -0.05) is 32.8 Å². The maximum Gasteiger partial charge on any atom is 0.337 e. The fourth-order valence-electron chi connectivity index (χ4n) is 2.95. The summed E-state index contributed by atoms with van der Waals surface area (Å²) in [6, 6.07) is 5.86. The van der Waals surface area contributed by atoms with Crippen LogP contribution in [-0.4, -0.2) is 17.1 Å². The summed E-state index contributed by atoms with van der Waals surface area (Å²) in [4.78, 5) is 11.3. The molecule has 1 saturated carbocycles. The van der Waals surface area contributed by atoms with Crippen LogP contribution in [0, 0.1) is 18.8 Å². The fraction of sp³-hybridized carbons (Fsp3) is 0.562. The van der Waals surface area contributed by atoms with Crippen LogP contribution in [0.3, 0.4) is 0 Å². The van der Waals surface area contributed by atoms with Crippen LogP contribution in [0.1, 0.15) is 49.0 Å². The van der Waals surface area contributed by atoms with Crippen LogP contribution in [0.5, 0.6) is 0 Å². The molecule has 0 spiro atoms. The van der Waals surface area contributed by atoms with E-state index in [0.29, 0.717) is 23.4 Å². The van der Waals surface area contributed by atoms with Gasteiger partial charge in [0.05, 0.1) is 5.56 Å². The number of benzene rings is 1. The number of carbonyl (C=O) groups is 1. The Balaban J connectivity index is 2.22. The first-order valence-corrected chi connectivity index (χ1v) is 7.09. The summed E-state index contributed by atoms with van der Waals surface area (Å²) < 4.78 is 0. The molecule has 3 heteroatoms. The zero-order valence-electron chi connectivity index (χ0n) is 11.9. The lowest BCUT2D eigenvalue weighted by Crippen LogP contribution is -2.35. The van der Waals surface area contributed by atoms with Gasteiger partial charge in [-0.25, -0.2) is 4.79 Å². The Morgan fingerprint density at radius 3 is 2.74 bits per heavy atom. The molecule has 2 rings (SSSR count). The highest BCUT2D eigenvalue weighted by Crippen LogP contribution is 2.32. The molecule has 3 unspecified atom stereocenters. The fourth-order valence-corrected chi connectivity index (χ4v) is 2.95. The van der Waals surface area contributed by atoms with Crippen LogP contribution in [-0.2, 0) is 0 Å². The van der Waals surface area contributed by atoms with E-state index >= 15 is 0 Å². The minimum Gasteiger partial charge on any atom is -0.478 e. The number of rotatable bonds is 3. The lowest BCUT2D eigenvalue weighted by Gasteiger charge is -2.35. The van der Waals surface area contributed by atoms with Crippen molar-refractivity contribution in [3.05, 3.63) is 29.3 Å². The van der Waals surface area contributed by atoms with Crippen molar-refractivity contribution >= 4 is 11.7 Å². The second-order valence-corrected chi connectivity index (χ2v) is 5.87. The minimum atomic E-state index is -0.862. The Labute approximate surface area is 115 Å². The van der Waals surface area contributed by atoms with Crippen molar-refractivity contribution in [3.8, 4) is 0 Å². The monoisotopic (exact) mass is 261 g/mol. The third kappa shape index (κ3) is 3.09. The molecule has 2 N–H and O–H groups in total. The maximum absolute atomic E-state index is 11.3. The predicted octanol–water partition coefficient (Wildman–Crippen LogP) is 3.93. The topological polar surface area (TPSA) is 49.3 Å². The number of hydrogen-bond donors (Lipinski definition) is 2. The van der Waals surface area contributed by atoms with E-state index in [9.17, 15) is 9.90 Å². The van der Waals surface area contributed by atoms with Crippen LogP contribution in [0.15, 0.2) is 18.2 Å². The number of hydrogen-bond acceptors (Lipinski definition) is 2. The van der Waals surface area contributed by atoms with Crippen LogP contribution in [0.4, 0.5) is 5.69 Å². The quantitative estimate of drug-likeness (QED) is 0.866. The molecule has 104 valence electrons. The zero-order valence-corrected chi connectivity index (χ0v) is 11.9. The number of carboxylic acid groups (broad SMARTS) is 1. The van der Waals surface area contributed by atoms with Gasteiger partial charge in [0, 0.05) is 11.7 Å². The molecule has 0 aromatic heterocycles. The van der Waals surface area contributed by atoms with Crippen LogP contribution in [0.2, 0.25) is 0 Å². The molecule has 0 amide bonds. The highest BCUT2D eigenvalue weighted by molar-refractivity contribution is 5.94. The zero-order chi connectivity index (χ0) is 14.0. The first-order valence-electron chi connectivity index (χ1n) is 7.09. The van der Waals surface area contributed by atoms with E-state index < -0.39 is 5.97 Å². The van der Waals surface area contributed by atoms with Crippen molar-refractivity contribution in [2.24, 2.45) is 11.8 Å². The third-order valence-electron chi connectivity index (χ3n) is 4.45. The average molecular weight is 261 g/mol. The first-order chi connectivity index (χ1) is 8.99. The molecule has 3 atom stereocenters. The Hall–Kier alpha value is -1.51. The normalized spacial score (nSPS) is 27.0. The van der Waals surface area contributed by atoms with E-state index in [1.807, 2.05) is 19.1 Å². The molecule has 0 radical (unpaired) electrons. The maximum atomic E-state index is 11.3. The number of carboxylic acids is 1. The SMILES string of the molecule is Cc1ccc(C(=O)O)c(NC2CCCC(C)C2C)c1. The van der Waals surface area contributed by atoms with Gasteiger partial charge in [-0.2, -0.15) is 0 Å². The molecule has 0 saturated heterocycles. The largest absolute Gasteiger partial charge is 0.478 e. The van der Waals surface area contributed by atoms with Crippen molar-refractivity contribution in [2.45, 2.75) is 46.1 Å².